The Hall–Kier alpha value is -2.19. The normalized spacial score (nSPS) is 30.9. The highest BCUT2D eigenvalue weighted by atomic mass is 16.6. The minimum Gasteiger partial charge on any atom is -0.465 e. The molecule has 1 spiro atoms. The van der Waals surface area contributed by atoms with Crippen molar-refractivity contribution >= 4 is 17.8 Å². The van der Waals surface area contributed by atoms with Crippen LogP contribution in [0, 0.1) is 11.8 Å². The molecule has 1 N–H and O–H groups in total. The first-order valence-corrected chi connectivity index (χ1v) is 13.1. The van der Waals surface area contributed by atoms with Crippen LogP contribution in [0.15, 0.2) is 25.3 Å². The average molecular weight is 491 g/mol. The molecule has 8 heteroatoms. The monoisotopic (exact) mass is 490 g/mol. The maximum Gasteiger partial charge on any atom is 0.312 e. The molecule has 8 nitrogen and oxygen atoms in total. The van der Waals surface area contributed by atoms with Crippen LogP contribution in [0.4, 0.5) is 0 Å². The molecule has 3 aliphatic heterocycles. The summed E-state index contributed by atoms with van der Waals surface area (Å²) >= 11 is 0. The Kier molecular flexibility index (Phi) is 9.16. The van der Waals surface area contributed by atoms with Gasteiger partial charge in [-0.05, 0) is 51.9 Å². The van der Waals surface area contributed by atoms with E-state index in [9.17, 15) is 14.4 Å². The number of carbonyl (C=O) groups excluding carboxylic acids is 3. The van der Waals surface area contributed by atoms with Gasteiger partial charge in [0.1, 0.15) is 17.6 Å². The number of aliphatic hydroxyl groups excluding tert-OH is 1. The molecule has 2 bridgehead atoms. The van der Waals surface area contributed by atoms with E-state index in [0.717, 1.165) is 19.3 Å². The third-order valence-electron chi connectivity index (χ3n) is 7.83. The van der Waals surface area contributed by atoms with Gasteiger partial charge in [-0.25, -0.2) is 0 Å². The zero-order chi connectivity index (χ0) is 25.6. The Labute approximate surface area is 209 Å². The van der Waals surface area contributed by atoms with Gasteiger partial charge in [0.25, 0.3) is 0 Å². The third-order valence-corrected chi connectivity index (χ3v) is 7.83. The number of hydrogen-bond acceptors (Lipinski definition) is 6. The van der Waals surface area contributed by atoms with Crippen molar-refractivity contribution in [1.29, 1.82) is 0 Å². The zero-order valence-corrected chi connectivity index (χ0v) is 21.4. The quantitative estimate of drug-likeness (QED) is 0.215. The molecule has 5 atom stereocenters. The first kappa shape index (κ1) is 27.4. The molecule has 35 heavy (non-hydrogen) atoms. The van der Waals surface area contributed by atoms with Crippen LogP contribution in [0.25, 0.3) is 0 Å². The van der Waals surface area contributed by atoms with E-state index in [2.05, 4.69) is 20.1 Å². The molecule has 0 saturated carbocycles. The summed E-state index contributed by atoms with van der Waals surface area (Å²) in [4.78, 5) is 44.6. The van der Waals surface area contributed by atoms with Gasteiger partial charge in [0.15, 0.2) is 0 Å². The molecular weight excluding hydrogens is 448 g/mol. The van der Waals surface area contributed by atoms with Crippen molar-refractivity contribution in [3.05, 3.63) is 25.3 Å². The first-order chi connectivity index (χ1) is 16.8. The van der Waals surface area contributed by atoms with Crippen molar-refractivity contribution in [3.8, 4) is 0 Å². The van der Waals surface area contributed by atoms with E-state index in [1.54, 1.807) is 22.0 Å². The van der Waals surface area contributed by atoms with Gasteiger partial charge in [0, 0.05) is 26.2 Å². The van der Waals surface area contributed by atoms with E-state index < -0.39 is 35.0 Å². The van der Waals surface area contributed by atoms with Gasteiger partial charge in [-0.15, -0.1) is 13.2 Å². The minimum absolute atomic E-state index is 0.0904. The average Bonchev–Trinajstić information content (AvgIpc) is 3.40. The molecule has 0 radical (unpaired) electrons. The zero-order valence-electron chi connectivity index (χ0n) is 21.4. The van der Waals surface area contributed by atoms with Crippen molar-refractivity contribution in [2.75, 3.05) is 32.8 Å². The predicted molar refractivity (Wildman–Crippen MR) is 132 cm³/mol. The molecule has 3 saturated heterocycles. The van der Waals surface area contributed by atoms with Gasteiger partial charge < -0.3 is 24.4 Å². The number of unbranched alkanes of at least 4 members (excludes halogenated alkanes) is 3. The first-order valence-electron chi connectivity index (χ1n) is 13.1. The molecule has 0 aromatic rings. The summed E-state index contributed by atoms with van der Waals surface area (Å²) in [6.07, 6.45) is 8.91. The summed E-state index contributed by atoms with van der Waals surface area (Å²) in [5.74, 6) is -2.25. The highest BCUT2D eigenvalue weighted by Crippen LogP contribution is 2.63. The number of ether oxygens (including phenoxy) is 2. The minimum atomic E-state index is -1.03. The number of rotatable bonds is 15. The Bertz CT molecular complexity index is 815. The molecule has 2 unspecified atom stereocenters. The smallest absolute Gasteiger partial charge is 0.312 e. The number of amides is 2. The van der Waals surface area contributed by atoms with Crippen molar-refractivity contribution in [1.82, 2.24) is 9.80 Å². The van der Waals surface area contributed by atoms with Crippen LogP contribution < -0.4 is 0 Å². The van der Waals surface area contributed by atoms with Gasteiger partial charge in [0.2, 0.25) is 11.8 Å². The fourth-order valence-corrected chi connectivity index (χ4v) is 6.18. The summed E-state index contributed by atoms with van der Waals surface area (Å²) in [7, 11) is 0. The van der Waals surface area contributed by atoms with E-state index in [4.69, 9.17) is 14.6 Å². The molecule has 2 amide bonds. The summed E-state index contributed by atoms with van der Waals surface area (Å²) < 4.78 is 12.1. The lowest BCUT2D eigenvalue weighted by Crippen LogP contribution is -2.56. The molecule has 3 rings (SSSR count). The second kappa shape index (κ2) is 11.7. The van der Waals surface area contributed by atoms with Crippen LogP contribution in [0.5, 0.6) is 0 Å². The van der Waals surface area contributed by atoms with Crippen LogP contribution >= 0.6 is 0 Å². The van der Waals surface area contributed by atoms with Crippen LogP contribution in [0.3, 0.4) is 0 Å². The number of likely N-dealkylation sites (tertiary alicyclic amines) is 1. The van der Waals surface area contributed by atoms with Crippen LogP contribution in [-0.2, 0) is 23.9 Å². The maximum atomic E-state index is 14.0. The highest BCUT2D eigenvalue weighted by molar-refractivity contribution is 5.98. The molecule has 196 valence electrons. The van der Waals surface area contributed by atoms with E-state index in [-0.39, 0.29) is 25.0 Å². The van der Waals surface area contributed by atoms with Crippen LogP contribution in [-0.4, -0.2) is 82.8 Å². The second-order valence-electron chi connectivity index (χ2n) is 10.2. The van der Waals surface area contributed by atoms with Gasteiger partial charge >= 0.3 is 5.97 Å². The van der Waals surface area contributed by atoms with Crippen molar-refractivity contribution < 1.29 is 29.0 Å². The SMILES string of the molecule is C=CCCOC(=O)[C@H]1[C@H]2C(=O)N(CCCCCO)C(C(=O)N(CC=C)CCCC)C23CC[C@]1(C)O3. The number of nitrogens with zero attached hydrogens (tertiary/aromatic N) is 2. The lowest BCUT2D eigenvalue weighted by Gasteiger charge is -2.37. The standard InChI is InChI=1S/C27H42N2O6/c1-5-8-16-28(15-7-3)24(32)22-27-14-13-26(4,35-27)21(25(33)34-19-9-6-2)20(27)23(31)29(22)17-11-10-12-18-30/h6-7,20-22,30H,2-3,5,8-19H2,1,4H3/t20-,21+,22?,26-,27?/m0/s1. The number of esters is 1. The summed E-state index contributed by atoms with van der Waals surface area (Å²) in [6, 6.07) is -0.779. The van der Waals surface area contributed by atoms with E-state index in [0.29, 0.717) is 51.7 Å². The van der Waals surface area contributed by atoms with E-state index in [1.165, 1.54) is 0 Å². The Balaban J connectivity index is 1.96. The summed E-state index contributed by atoms with van der Waals surface area (Å²) in [6.45, 7) is 13.1. The van der Waals surface area contributed by atoms with Gasteiger partial charge in [-0.2, -0.15) is 0 Å². The lowest BCUT2D eigenvalue weighted by molar-refractivity contribution is -0.160. The Morgan fingerprint density at radius 3 is 2.66 bits per heavy atom. The van der Waals surface area contributed by atoms with Gasteiger partial charge in [-0.1, -0.05) is 25.5 Å². The second-order valence-corrected chi connectivity index (χ2v) is 10.2. The maximum absolute atomic E-state index is 14.0. The number of hydrogen-bond donors (Lipinski definition) is 1. The summed E-state index contributed by atoms with van der Waals surface area (Å²) in [5.41, 5.74) is -1.87. The largest absolute Gasteiger partial charge is 0.465 e. The Morgan fingerprint density at radius 2 is 2.00 bits per heavy atom. The summed E-state index contributed by atoms with van der Waals surface area (Å²) in [5, 5.41) is 9.17. The molecule has 0 aromatic carbocycles. The molecule has 3 heterocycles. The fourth-order valence-electron chi connectivity index (χ4n) is 6.18. The predicted octanol–water partition coefficient (Wildman–Crippen LogP) is 2.85. The van der Waals surface area contributed by atoms with Gasteiger partial charge in [0.05, 0.1) is 18.1 Å². The van der Waals surface area contributed by atoms with Gasteiger partial charge in [-0.3, -0.25) is 14.4 Å². The fraction of sp³-hybridized carbons (Fsp3) is 0.741. The molecule has 3 aliphatic rings. The van der Waals surface area contributed by atoms with E-state index in [1.807, 2.05) is 6.92 Å². The molecular formula is C27H42N2O6. The van der Waals surface area contributed by atoms with Crippen molar-refractivity contribution in [2.24, 2.45) is 11.8 Å². The van der Waals surface area contributed by atoms with Crippen molar-refractivity contribution in [3.63, 3.8) is 0 Å². The molecule has 3 fully saturated rings. The lowest BCUT2D eigenvalue weighted by atomic mass is 9.66. The highest BCUT2D eigenvalue weighted by Gasteiger charge is 2.78. The number of carbonyl (C=O) groups is 3. The topological polar surface area (TPSA) is 96.4 Å². The molecule has 0 aliphatic carbocycles. The van der Waals surface area contributed by atoms with Crippen LogP contribution in [0.2, 0.25) is 0 Å². The van der Waals surface area contributed by atoms with E-state index >= 15 is 0 Å². The van der Waals surface area contributed by atoms with Crippen molar-refractivity contribution in [2.45, 2.75) is 82.5 Å². The van der Waals surface area contributed by atoms with Crippen LogP contribution in [0.1, 0.15) is 65.2 Å². The number of aliphatic hydroxyl groups is 1. The molecule has 0 aromatic heterocycles. The third kappa shape index (κ3) is 5.05. The Morgan fingerprint density at radius 1 is 1.23 bits per heavy atom. The number of fused-ring (bicyclic) bond motifs is 1.